The lowest BCUT2D eigenvalue weighted by atomic mass is 9.82. The Morgan fingerprint density at radius 2 is 1.90 bits per heavy atom. The minimum absolute atomic E-state index is 0.140. The van der Waals surface area contributed by atoms with Crippen molar-refractivity contribution in [1.82, 2.24) is 34.6 Å². The van der Waals surface area contributed by atoms with E-state index in [-0.39, 0.29) is 11.6 Å². The van der Waals surface area contributed by atoms with Gasteiger partial charge in [0.05, 0.1) is 5.02 Å². The third kappa shape index (κ3) is 4.89. The summed E-state index contributed by atoms with van der Waals surface area (Å²) in [6.07, 6.45) is 12.7. The van der Waals surface area contributed by atoms with Gasteiger partial charge >= 0.3 is 5.76 Å². The third-order valence-electron chi connectivity index (χ3n) is 8.81. The van der Waals surface area contributed by atoms with Crippen LogP contribution in [0.25, 0.3) is 34.1 Å². The van der Waals surface area contributed by atoms with E-state index in [0.29, 0.717) is 28.2 Å². The number of halogens is 1. The lowest BCUT2D eigenvalue weighted by molar-refractivity contribution is -0.0567. The molecule has 1 atom stereocenters. The summed E-state index contributed by atoms with van der Waals surface area (Å²) in [4.78, 5) is 33.5. The zero-order valence-electron chi connectivity index (χ0n) is 22.6. The first-order valence-corrected chi connectivity index (χ1v) is 14.2. The Balaban J connectivity index is 1.61. The van der Waals surface area contributed by atoms with Crippen molar-refractivity contribution in [2.24, 2.45) is 17.8 Å². The second-order valence-corrected chi connectivity index (χ2v) is 11.8. The van der Waals surface area contributed by atoms with Crippen molar-refractivity contribution in [2.45, 2.75) is 77.4 Å². The highest BCUT2D eigenvalue weighted by Gasteiger charge is 2.43. The normalized spacial score (nSPS) is 21.9. The number of hydrogen-bond acceptors (Lipinski definition) is 8. The van der Waals surface area contributed by atoms with Crippen LogP contribution in [-0.2, 0) is 16.9 Å². The molecule has 2 fully saturated rings. The first-order chi connectivity index (χ1) is 18.9. The van der Waals surface area contributed by atoms with Gasteiger partial charge in [-0.3, -0.25) is 14.5 Å². The van der Waals surface area contributed by atoms with Crippen LogP contribution >= 0.6 is 11.6 Å². The molecule has 6 rings (SSSR count). The van der Waals surface area contributed by atoms with Gasteiger partial charge in [0, 0.05) is 31.6 Å². The van der Waals surface area contributed by atoms with Crippen molar-refractivity contribution in [3.05, 3.63) is 39.9 Å². The predicted octanol–water partition coefficient (Wildman–Crippen LogP) is 5.76. The molecule has 0 aliphatic heterocycles. The van der Waals surface area contributed by atoms with Crippen LogP contribution in [-0.4, -0.2) is 41.8 Å². The van der Waals surface area contributed by atoms with Crippen molar-refractivity contribution in [2.75, 3.05) is 7.11 Å². The molecule has 10 nitrogen and oxygen atoms in total. The molecule has 4 aromatic heterocycles. The molecule has 0 amide bonds. The molecule has 4 aromatic rings. The average molecular weight is 552 g/mol. The zero-order chi connectivity index (χ0) is 27.1. The summed E-state index contributed by atoms with van der Waals surface area (Å²) in [6, 6.07) is 1.83. The molecule has 0 aromatic carbocycles. The van der Waals surface area contributed by atoms with E-state index in [2.05, 4.69) is 33.5 Å². The monoisotopic (exact) mass is 551 g/mol. The first kappa shape index (κ1) is 26.1. The van der Waals surface area contributed by atoms with Gasteiger partial charge in [-0.15, -0.1) is 0 Å². The Hall–Kier alpha value is -3.11. The van der Waals surface area contributed by atoms with E-state index < -0.39 is 11.4 Å². The van der Waals surface area contributed by atoms with Crippen molar-refractivity contribution < 1.29 is 9.26 Å². The van der Waals surface area contributed by atoms with Crippen LogP contribution in [0.3, 0.4) is 0 Å². The number of methoxy groups -OCH3 is 1. The van der Waals surface area contributed by atoms with Crippen LogP contribution in [0.15, 0.2) is 27.8 Å². The summed E-state index contributed by atoms with van der Waals surface area (Å²) in [5.41, 5.74) is 2.09. The van der Waals surface area contributed by atoms with E-state index in [1.54, 1.807) is 19.5 Å². The van der Waals surface area contributed by atoms with E-state index in [1.807, 2.05) is 6.07 Å². The predicted molar refractivity (Wildman–Crippen MR) is 147 cm³/mol. The number of rotatable bonds is 7. The van der Waals surface area contributed by atoms with Gasteiger partial charge in [0.2, 0.25) is 11.6 Å². The van der Waals surface area contributed by atoms with Crippen LogP contribution in [0.4, 0.5) is 0 Å². The standard InChI is InChI=1S/C28H34ClN7O3/c1-16-8-10-17(11-9-16)15-36-22-21(18-12-20(29)14-30-13-18)31-24(25-34-27(37)39-35-25)32-23(22)33-26(36)28(2,38-3)19-6-4-5-7-19/h12-14,16-17,19H,4-11,15H2,1-3H3,(H,34,35,37). The lowest BCUT2D eigenvalue weighted by Gasteiger charge is -2.35. The van der Waals surface area contributed by atoms with E-state index in [9.17, 15) is 4.79 Å². The Labute approximate surface area is 231 Å². The van der Waals surface area contributed by atoms with E-state index in [4.69, 9.17) is 35.8 Å². The number of aromatic amines is 1. The molecule has 0 spiro atoms. The molecular formula is C28H34ClN7O3. The number of aromatic nitrogens is 7. The second kappa shape index (κ2) is 10.5. The van der Waals surface area contributed by atoms with E-state index in [1.165, 1.54) is 38.5 Å². The third-order valence-corrected chi connectivity index (χ3v) is 9.02. The molecule has 2 aliphatic carbocycles. The highest BCUT2D eigenvalue weighted by molar-refractivity contribution is 6.30. The van der Waals surface area contributed by atoms with E-state index in [0.717, 1.165) is 42.2 Å². The fourth-order valence-corrected chi connectivity index (χ4v) is 6.63. The van der Waals surface area contributed by atoms with Gasteiger partial charge in [0.15, 0.2) is 5.65 Å². The summed E-state index contributed by atoms with van der Waals surface area (Å²) < 4.78 is 13.4. The average Bonchev–Trinajstić information content (AvgIpc) is 3.70. The molecule has 0 radical (unpaired) electrons. The lowest BCUT2D eigenvalue weighted by Crippen LogP contribution is -2.36. The number of imidazole rings is 1. The van der Waals surface area contributed by atoms with Crippen LogP contribution < -0.4 is 5.76 Å². The molecule has 206 valence electrons. The maximum atomic E-state index is 11.7. The SMILES string of the molecule is COC(C)(c1nc2nc(-c3noc(=O)[nH]3)nc(-c3cncc(Cl)c3)c2n1CC1CCC(C)CC1)C1CCCC1. The van der Waals surface area contributed by atoms with Crippen molar-refractivity contribution in [1.29, 1.82) is 0 Å². The topological polar surface area (TPSA) is 125 Å². The largest absolute Gasteiger partial charge is 0.439 e. The molecule has 4 heterocycles. The Kier molecular flexibility index (Phi) is 7.01. The molecule has 11 heteroatoms. The molecule has 1 N–H and O–H groups in total. The number of pyridine rings is 1. The summed E-state index contributed by atoms with van der Waals surface area (Å²) >= 11 is 6.38. The zero-order valence-corrected chi connectivity index (χ0v) is 23.4. The van der Waals surface area contributed by atoms with Crippen LogP contribution in [0.2, 0.25) is 5.02 Å². The summed E-state index contributed by atoms with van der Waals surface area (Å²) in [5, 5.41) is 4.33. The molecule has 0 bridgehead atoms. The Bertz CT molecular complexity index is 1530. The molecule has 2 aliphatic rings. The number of nitrogens with zero attached hydrogens (tertiary/aromatic N) is 6. The number of fused-ring (bicyclic) bond motifs is 1. The molecular weight excluding hydrogens is 518 g/mol. The first-order valence-electron chi connectivity index (χ1n) is 13.9. The summed E-state index contributed by atoms with van der Waals surface area (Å²) in [7, 11) is 1.78. The van der Waals surface area contributed by atoms with Gasteiger partial charge in [-0.2, -0.15) is 0 Å². The summed E-state index contributed by atoms with van der Waals surface area (Å²) in [6.45, 7) is 5.30. The molecule has 1 unspecified atom stereocenters. The van der Waals surface area contributed by atoms with Gasteiger partial charge in [-0.25, -0.2) is 19.7 Å². The number of ether oxygens (including phenoxy) is 1. The maximum absolute atomic E-state index is 11.7. The van der Waals surface area contributed by atoms with E-state index >= 15 is 0 Å². The maximum Gasteiger partial charge on any atom is 0.439 e. The van der Waals surface area contributed by atoms with Crippen LogP contribution in [0, 0.1) is 17.8 Å². The van der Waals surface area contributed by atoms with Crippen LogP contribution in [0.5, 0.6) is 0 Å². The van der Waals surface area contributed by atoms with Gasteiger partial charge in [-0.05, 0) is 56.4 Å². The number of nitrogens with one attached hydrogen (secondary N) is 1. The van der Waals surface area contributed by atoms with Crippen molar-refractivity contribution in [3.8, 4) is 22.9 Å². The van der Waals surface area contributed by atoms with Gasteiger partial charge in [0.25, 0.3) is 0 Å². The Morgan fingerprint density at radius 3 is 2.56 bits per heavy atom. The fourth-order valence-electron chi connectivity index (χ4n) is 6.45. The number of hydrogen-bond donors (Lipinski definition) is 1. The van der Waals surface area contributed by atoms with Gasteiger partial charge < -0.3 is 9.30 Å². The summed E-state index contributed by atoms with van der Waals surface area (Å²) in [5.74, 6) is 2.16. The number of H-pyrrole nitrogens is 1. The van der Waals surface area contributed by atoms with Gasteiger partial charge in [0.1, 0.15) is 22.6 Å². The van der Waals surface area contributed by atoms with Crippen molar-refractivity contribution in [3.63, 3.8) is 0 Å². The molecule has 39 heavy (non-hydrogen) atoms. The minimum atomic E-state index is -0.675. The second-order valence-electron chi connectivity index (χ2n) is 11.4. The highest BCUT2D eigenvalue weighted by atomic mass is 35.5. The van der Waals surface area contributed by atoms with Crippen LogP contribution in [0.1, 0.15) is 71.0 Å². The Morgan fingerprint density at radius 1 is 1.13 bits per heavy atom. The van der Waals surface area contributed by atoms with Gasteiger partial charge in [-0.1, -0.05) is 49.4 Å². The molecule has 0 saturated heterocycles. The minimum Gasteiger partial charge on any atom is -0.370 e. The smallest absolute Gasteiger partial charge is 0.370 e. The molecule has 2 saturated carbocycles. The fraction of sp³-hybridized carbons (Fsp3) is 0.571. The highest BCUT2D eigenvalue weighted by Crippen LogP contribution is 2.44. The van der Waals surface area contributed by atoms with Crippen molar-refractivity contribution >= 4 is 22.8 Å². The quantitative estimate of drug-likeness (QED) is 0.307.